The average molecular weight is 247 g/mol. The van der Waals surface area contributed by atoms with Crippen molar-refractivity contribution in [1.82, 2.24) is 10.3 Å². The van der Waals surface area contributed by atoms with Crippen molar-refractivity contribution in [3.05, 3.63) is 24.0 Å². The van der Waals surface area contributed by atoms with Crippen molar-refractivity contribution >= 4 is 5.69 Å². The smallest absolute Gasteiger partial charge is 0.0585 e. The lowest BCUT2D eigenvalue weighted by Gasteiger charge is -2.45. The number of nitrogens with zero attached hydrogens (tertiary/aromatic N) is 2. The number of hydrogen-bond donors (Lipinski definition) is 1. The maximum atomic E-state index is 4.28. The van der Waals surface area contributed by atoms with Gasteiger partial charge in [0.25, 0.3) is 0 Å². The number of hydrogen-bond acceptors (Lipinski definition) is 3. The fraction of sp³-hybridized carbons (Fsp3) is 0.667. The van der Waals surface area contributed by atoms with Gasteiger partial charge in [-0.3, -0.25) is 4.98 Å². The molecule has 0 amide bonds. The third-order valence-electron chi connectivity index (χ3n) is 3.94. The summed E-state index contributed by atoms with van der Waals surface area (Å²) in [6.45, 7) is 13.4. The Morgan fingerprint density at radius 3 is 2.72 bits per heavy atom. The first kappa shape index (κ1) is 13.3. The maximum Gasteiger partial charge on any atom is 0.0585 e. The topological polar surface area (TPSA) is 28.2 Å². The molecule has 1 aromatic rings. The fourth-order valence-electron chi connectivity index (χ4n) is 2.54. The van der Waals surface area contributed by atoms with E-state index in [1.807, 2.05) is 12.4 Å². The van der Waals surface area contributed by atoms with E-state index >= 15 is 0 Å². The number of nitrogens with one attached hydrogen (secondary N) is 1. The summed E-state index contributed by atoms with van der Waals surface area (Å²) in [6, 6.07) is 3.13. The summed E-state index contributed by atoms with van der Waals surface area (Å²) >= 11 is 0. The van der Waals surface area contributed by atoms with Crippen LogP contribution in [0.5, 0.6) is 0 Å². The normalized spacial score (nSPS) is 25.3. The molecule has 1 saturated heterocycles. The van der Waals surface area contributed by atoms with Crippen molar-refractivity contribution in [2.75, 3.05) is 18.0 Å². The van der Waals surface area contributed by atoms with Gasteiger partial charge in [0.2, 0.25) is 0 Å². The SMILES string of the molecule is Cc1ccncc1N1CC(C(C)(C)C)NCC1C. The van der Waals surface area contributed by atoms with Crippen LogP contribution < -0.4 is 10.2 Å². The predicted octanol–water partition coefficient (Wildman–Crippen LogP) is 2.60. The zero-order valence-electron chi connectivity index (χ0n) is 12.2. The summed E-state index contributed by atoms with van der Waals surface area (Å²) in [5.41, 5.74) is 2.88. The van der Waals surface area contributed by atoms with Crippen LogP contribution in [0.1, 0.15) is 33.3 Å². The van der Waals surface area contributed by atoms with E-state index in [1.165, 1.54) is 11.3 Å². The van der Waals surface area contributed by atoms with Gasteiger partial charge in [-0.25, -0.2) is 0 Å². The summed E-state index contributed by atoms with van der Waals surface area (Å²) < 4.78 is 0. The van der Waals surface area contributed by atoms with Crippen LogP contribution in [0, 0.1) is 12.3 Å². The molecule has 1 aliphatic rings. The van der Waals surface area contributed by atoms with Crippen molar-refractivity contribution in [3.63, 3.8) is 0 Å². The van der Waals surface area contributed by atoms with Crippen LogP contribution >= 0.6 is 0 Å². The van der Waals surface area contributed by atoms with Crippen molar-refractivity contribution in [3.8, 4) is 0 Å². The summed E-state index contributed by atoms with van der Waals surface area (Å²) in [5, 5.41) is 3.67. The Morgan fingerprint density at radius 2 is 2.11 bits per heavy atom. The zero-order valence-corrected chi connectivity index (χ0v) is 12.2. The molecule has 3 heteroatoms. The summed E-state index contributed by atoms with van der Waals surface area (Å²) in [6.07, 6.45) is 3.86. The van der Waals surface area contributed by atoms with Crippen molar-refractivity contribution in [2.24, 2.45) is 5.41 Å². The van der Waals surface area contributed by atoms with E-state index in [-0.39, 0.29) is 5.41 Å². The van der Waals surface area contributed by atoms with Gasteiger partial charge in [-0.1, -0.05) is 20.8 Å². The second kappa shape index (κ2) is 4.88. The van der Waals surface area contributed by atoms with Crippen LogP contribution in [0.4, 0.5) is 5.69 Å². The molecule has 0 aromatic carbocycles. The first-order valence-electron chi connectivity index (χ1n) is 6.80. The average Bonchev–Trinajstić information content (AvgIpc) is 2.29. The van der Waals surface area contributed by atoms with Crippen LogP contribution in [-0.4, -0.2) is 30.2 Å². The first-order chi connectivity index (χ1) is 8.39. The lowest BCUT2D eigenvalue weighted by Crippen LogP contribution is -2.59. The Balaban J connectivity index is 2.23. The third kappa shape index (κ3) is 2.66. The molecule has 1 aromatic heterocycles. The van der Waals surface area contributed by atoms with E-state index in [0.29, 0.717) is 12.1 Å². The minimum Gasteiger partial charge on any atom is -0.365 e. The maximum absolute atomic E-state index is 4.28. The molecule has 2 atom stereocenters. The van der Waals surface area contributed by atoms with Gasteiger partial charge in [-0.15, -0.1) is 0 Å². The summed E-state index contributed by atoms with van der Waals surface area (Å²) in [5.74, 6) is 0. The van der Waals surface area contributed by atoms with Crippen LogP contribution in [-0.2, 0) is 0 Å². The molecule has 0 spiro atoms. The number of anilines is 1. The Hall–Kier alpha value is -1.09. The Morgan fingerprint density at radius 1 is 1.39 bits per heavy atom. The highest BCUT2D eigenvalue weighted by Gasteiger charge is 2.32. The van der Waals surface area contributed by atoms with E-state index in [4.69, 9.17) is 0 Å². The minimum absolute atomic E-state index is 0.286. The highest BCUT2D eigenvalue weighted by molar-refractivity contribution is 5.52. The van der Waals surface area contributed by atoms with Crippen molar-refractivity contribution in [1.29, 1.82) is 0 Å². The Kier molecular flexibility index (Phi) is 3.62. The molecular weight excluding hydrogens is 222 g/mol. The van der Waals surface area contributed by atoms with E-state index in [0.717, 1.165) is 13.1 Å². The monoisotopic (exact) mass is 247 g/mol. The molecule has 18 heavy (non-hydrogen) atoms. The molecule has 0 radical (unpaired) electrons. The lowest BCUT2D eigenvalue weighted by molar-refractivity contribution is 0.238. The van der Waals surface area contributed by atoms with Gasteiger partial charge in [0.15, 0.2) is 0 Å². The van der Waals surface area contributed by atoms with E-state index in [9.17, 15) is 0 Å². The molecule has 0 saturated carbocycles. The van der Waals surface area contributed by atoms with E-state index in [2.05, 4.69) is 55.9 Å². The van der Waals surface area contributed by atoms with Crippen LogP contribution in [0.15, 0.2) is 18.5 Å². The molecule has 1 aliphatic heterocycles. The van der Waals surface area contributed by atoms with Gasteiger partial charge in [0, 0.05) is 31.4 Å². The molecule has 2 heterocycles. The molecule has 0 aliphatic carbocycles. The van der Waals surface area contributed by atoms with Crippen LogP contribution in [0.3, 0.4) is 0 Å². The highest BCUT2D eigenvalue weighted by atomic mass is 15.2. The number of rotatable bonds is 1. The van der Waals surface area contributed by atoms with Gasteiger partial charge < -0.3 is 10.2 Å². The largest absolute Gasteiger partial charge is 0.365 e. The van der Waals surface area contributed by atoms with E-state index in [1.54, 1.807) is 0 Å². The quantitative estimate of drug-likeness (QED) is 0.827. The number of pyridine rings is 1. The van der Waals surface area contributed by atoms with Gasteiger partial charge in [0.1, 0.15) is 0 Å². The molecule has 100 valence electrons. The predicted molar refractivity (Wildman–Crippen MR) is 77.0 cm³/mol. The van der Waals surface area contributed by atoms with Crippen molar-refractivity contribution < 1.29 is 0 Å². The van der Waals surface area contributed by atoms with Gasteiger partial charge in [0.05, 0.1) is 11.9 Å². The number of aryl methyl sites for hydroxylation is 1. The molecule has 1 fully saturated rings. The third-order valence-corrected chi connectivity index (χ3v) is 3.94. The van der Waals surface area contributed by atoms with Gasteiger partial charge >= 0.3 is 0 Å². The van der Waals surface area contributed by atoms with Gasteiger partial charge in [-0.05, 0) is 30.9 Å². The minimum atomic E-state index is 0.286. The Labute approximate surface area is 111 Å². The molecule has 3 nitrogen and oxygen atoms in total. The second-order valence-electron chi connectivity index (χ2n) is 6.49. The van der Waals surface area contributed by atoms with Crippen molar-refractivity contribution in [2.45, 2.75) is 46.7 Å². The fourth-order valence-corrected chi connectivity index (χ4v) is 2.54. The first-order valence-corrected chi connectivity index (χ1v) is 6.80. The Bertz CT molecular complexity index is 408. The number of piperazine rings is 1. The highest BCUT2D eigenvalue weighted by Crippen LogP contribution is 2.28. The summed E-state index contributed by atoms with van der Waals surface area (Å²) in [4.78, 5) is 6.78. The molecular formula is C15H25N3. The molecule has 2 unspecified atom stereocenters. The second-order valence-corrected chi connectivity index (χ2v) is 6.49. The molecule has 2 rings (SSSR count). The van der Waals surface area contributed by atoms with Gasteiger partial charge in [-0.2, -0.15) is 0 Å². The van der Waals surface area contributed by atoms with Crippen LogP contribution in [0.2, 0.25) is 0 Å². The lowest BCUT2D eigenvalue weighted by atomic mass is 9.84. The van der Waals surface area contributed by atoms with E-state index < -0.39 is 0 Å². The molecule has 1 N–H and O–H groups in total. The number of aromatic nitrogens is 1. The zero-order chi connectivity index (χ0) is 13.3. The molecule has 0 bridgehead atoms. The van der Waals surface area contributed by atoms with Crippen LogP contribution in [0.25, 0.3) is 0 Å². The summed E-state index contributed by atoms with van der Waals surface area (Å²) in [7, 11) is 0. The standard InChI is InChI=1S/C15H25N3/c1-11-6-7-16-9-13(11)18-10-14(15(3,4)5)17-8-12(18)2/h6-7,9,12,14,17H,8,10H2,1-5H3.